The summed E-state index contributed by atoms with van der Waals surface area (Å²) in [5, 5.41) is 10.8. The summed E-state index contributed by atoms with van der Waals surface area (Å²) in [5.41, 5.74) is 4.65. The highest BCUT2D eigenvalue weighted by Gasteiger charge is 2.31. The van der Waals surface area contributed by atoms with Gasteiger partial charge in [0.25, 0.3) is 5.91 Å². The number of thioether (sulfide) groups is 1. The van der Waals surface area contributed by atoms with E-state index in [2.05, 4.69) is 47.7 Å². The summed E-state index contributed by atoms with van der Waals surface area (Å²) in [6.45, 7) is 4.52. The van der Waals surface area contributed by atoms with Gasteiger partial charge in [-0.05, 0) is 58.4 Å². The number of aromatic nitrogens is 2. The zero-order valence-corrected chi connectivity index (χ0v) is 21.2. The second-order valence-corrected chi connectivity index (χ2v) is 9.73. The van der Waals surface area contributed by atoms with Crippen molar-refractivity contribution in [2.45, 2.75) is 39.5 Å². The van der Waals surface area contributed by atoms with Crippen molar-refractivity contribution in [2.75, 3.05) is 11.9 Å². The lowest BCUT2D eigenvalue weighted by molar-refractivity contribution is -0.122. The molecule has 2 heterocycles. The summed E-state index contributed by atoms with van der Waals surface area (Å²) in [6.07, 6.45) is 4.21. The van der Waals surface area contributed by atoms with Crippen LogP contribution >= 0.6 is 24.0 Å². The summed E-state index contributed by atoms with van der Waals surface area (Å²) >= 11 is 6.68. The third kappa shape index (κ3) is 5.86. The van der Waals surface area contributed by atoms with Crippen LogP contribution in [0.3, 0.4) is 0 Å². The van der Waals surface area contributed by atoms with Gasteiger partial charge in [-0.3, -0.25) is 14.5 Å². The molecule has 0 aliphatic carbocycles. The molecule has 180 valence electrons. The van der Waals surface area contributed by atoms with Gasteiger partial charge in [-0.1, -0.05) is 80.3 Å². The number of nitrogens with zero attached hydrogens (tertiary/aromatic N) is 3. The largest absolute Gasteiger partial charge is 0.306 e. The Labute approximate surface area is 213 Å². The highest BCUT2D eigenvalue weighted by molar-refractivity contribution is 8.26. The lowest BCUT2D eigenvalue weighted by atomic mass is 9.98. The summed E-state index contributed by atoms with van der Waals surface area (Å²) in [5.74, 6) is -0.0542. The van der Waals surface area contributed by atoms with Gasteiger partial charge in [0.1, 0.15) is 4.32 Å². The van der Waals surface area contributed by atoms with Crippen LogP contribution in [0.5, 0.6) is 0 Å². The third-order valence-corrected chi connectivity index (χ3v) is 7.10. The van der Waals surface area contributed by atoms with Crippen molar-refractivity contribution in [3.05, 3.63) is 70.1 Å². The van der Waals surface area contributed by atoms with Gasteiger partial charge in [0, 0.05) is 18.5 Å². The summed E-state index contributed by atoms with van der Waals surface area (Å²) in [7, 11) is 0. The van der Waals surface area contributed by atoms with Crippen LogP contribution in [-0.4, -0.2) is 37.9 Å². The topological polar surface area (TPSA) is 88.3 Å². The minimum absolute atomic E-state index is 0.129. The van der Waals surface area contributed by atoms with Crippen molar-refractivity contribution >= 4 is 52.0 Å². The molecule has 1 saturated heterocycles. The number of thiocarbonyl (C=S) groups is 1. The average Bonchev–Trinajstić information content (AvgIpc) is 3.43. The number of aryl methyl sites for hydroxylation is 2. The van der Waals surface area contributed by atoms with E-state index in [9.17, 15) is 9.59 Å². The number of nitrogens with one attached hydrogen (secondary N) is 1. The van der Waals surface area contributed by atoms with Gasteiger partial charge >= 0.3 is 0 Å². The smallest absolute Gasteiger partial charge is 0.266 e. The Bertz CT molecular complexity index is 1270. The van der Waals surface area contributed by atoms with Gasteiger partial charge in [0.2, 0.25) is 11.7 Å². The first-order valence-electron chi connectivity index (χ1n) is 11.5. The van der Waals surface area contributed by atoms with Crippen LogP contribution in [0, 0.1) is 0 Å². The molecule has 2 amide bonds. The molecule has 2 aromatic carbocycles. The zero-order chi connectivity index (χ0) is 24.8. The number of anilines is 1. The van der Waals surface area contributed by atoms with Crippen LogP contribution in [0.2, 0.25) is 0 Å². The minimum atomic E-state index is -0.225. The van der Waals surface area contributed by atoms with Gasteiger partial charge in [0.05, 0.1) is 4.91 Å². The van der Waals surface area contributed by atoms with Crippen LogP contribution in [0.4, 0.5) is 5.82 Å². The highest BCUT2D eigenvalue weighted by Crippen LogP contribution is 2.33. The number of benzene rings is 2. The zero-order valence-electron chi connectivity index (χ0n) is 19.6. The van der Waals surface area contributed by atoms with Crippen molar-refractivity contribution in [3.8, 4) is 11.3 Å². The molecule has 1 aromatic heterocycles. The van der Waals surface area contributed by atoms with Crippen LogP contribution < -0.4 is 5.32 Å². The van der Waals surface area contributed by atoms with Crippen LogP contribution in [0.15, 0.2) is 58.1 Å². The van der Waals surface area contributed by atoms with E-state index in [0.29, 0.717) is 33.7 Å². The second-order valence-electron chi connectivity index (χ2n) is 8.06. The van der Waals surface area contributed by atoms with Gasteiger partial charge in [0.15, 0.2) is 5.69 Å². The Morgan fingerprint density at radius 3 is 2.69 bits per heavy atom. The van der Waals surface area contributed by atoms with Crippen molar-refractivity contribution in [2.24, 2.45) is 0 Å². The Morgan fingerprint density at radius 2 is 1.94 bits per heavy atom. The van der Waals surface area contributed by atoms with Gasteiger partial charge in [-0.15, -0.1) is 0 Å². The molecule has 0 atom stereocenters. The summed E-state index contributed by atoms with van der Waals surface area (Å²) in [4.78, 5) is 27.6. The molecule has 1 aliphatic rings. The van der Waals surface area contributed by atoms with E-state index in [0.717, 1.165) is 29.5 Å². The normalized spacial score (nSPS) is 14.7. The molecule has 35 heavy (non-hydrogen) atoms. The van der Waals surface area contributed by atoms with E-state index in [1.165, 1.54) is 17.3 Å². The predicted octanol–water partition coefficient (Wildman–Crippen LogP) is 5.48. The molecule has 0 unspecified atom stereocenters. The molecule has 9 heteroatoms. The highest BCUT2D eigenvalue weighted by atomic mass is 32.2. The number of hydrogen-bond acceptors (Lipinski definition) is 7. The van der Waals surface area contributed by atoms with E-state index in [1.54, 1.807) is 4.90 Å². The van der Waals surface area contributed by atoms with Crippen molar-refractivity contribution in [1.29, 1.82) is 0 Å². The molecule has 1 fully saturated rings. The SMILES string of the molecule is CCc1ccc(CC)c(-c2nonc2NC(=O)CCCN2C(=O)/C(=C/c3ccccc3)SC2=S)c1. The fourth-order valence-electron chi connectivity index (χ4n) is 3.81. The lowest BCUT2D eigenvalue weighted by Gasteiger charge is -2.14. The molecule has 0 bridgehead atoms. The predicted molar refractivity (Wildman–Crippen MR) is 143 cm³/mol. The number of carbonyl (C=O) groups is 2. The van der Waals surface area contributed by atoms with Crippen LogP contribution in [-0.2, 0) is 22.4 Å². The Kier molecular flexibility index (Phi) is 8.09. The fraction of sp³-hybridized carbons (Fsp3) is 0.269. The molecule has 7 nitrogen and oxygen atoms in total. The average molecular weight is 507 g/mol. The first-order valence-corrected chi connectivity index (χ1v) is 12.8. The Hall–Kier alpha value is -3.30. The minimum Gasteiger partial charge on any atom is -0.306 e. The van der Waals surface area contributed by atoms with E-state index >= 15 is 0 Å². The number of amides is 2. The Morgan fingerprint density at radius 1 is 1.14 bits per heavy atom. The molecule has 1 aliphatic heterocycles. The molecule has 0 radical (unpaired) electrons. The first kappa shape index (κ1) is 24.8. The van der Waals surface area contributed by atoms with E-state index in [-0.39, 0.29) is 18.2 Å². The van der Waals surface area contributed by atoms with Gasteiger partial charge < -0.3 is 5.32 Å². The number of hydrogen-bond donors (Lipinski definition) is 1. The van der Waals surface area contributed by atoms with E-state index in [4.69, 9.17) is 16.8 Å². The summed E-state index contributed by atoms with van der Waals surface area (Å²) < 4.78 is 5.46. The summed E-state index contributed by atoms with van der Waals surface area (Å²) in [6, 6.07) is 15.9. The molecule has 1 N–H and O–H groups in total. The Balaban J connectivity index is 1.36. The van der Waals surface area contributed by atoms with E-state index < -0.39 is 0 Å². The molecular formula is C26H26N4O3S2. The van der Waals surface area contributed by atoms with Crippen LogP contribution in [0.1, 0.15) is 43.4 Å². The van der Waals surface area contributed by atoms with Crippen molar-refractivity contribution < 1.29 is 14.2 Å². The maximum absolute atomic E-state index is 12.8. The molecular weight excluding hydrogens is 480 g/mol. The number of rotatable bonds is 9. The quantitative estimate of drug-likeness (QED) is 0.304. The molecule has 4 rings (SSSR count). The van der Waals surface area contributed by atoms with Crippen molar-refractivity contribution in [3.63, 3.8) is 0 Å². The molecule has 0 spiro atoms. The first-order chi connectivity index (χ1) is 17.0. The lowest BCUT2D eigenvalue weighted by Crippen LogP contribution is -2.29. The third-order valence-electron chi connectivity index (χ3n) is 5.72. The molecule has 0 saturated carbocycles. The number of carbonyl (C=O) groups excluding carboxylic acids is 2. The maximum atomic E-state index is 12.8. The standard InChI is InChI=1S/C26H26N4O3S2/c1-3-17-12-13-19(4-2)20(15-17)23-24(29-33-28-23)27-22(31)11-8-14-30-25(32)21(35-26(30)34)16-18-9-6-5-7-10-18/h5-7,9-10,12-13,15-16H,3-4,8,11,14H2,1-2H3,(H,27,29,31)/b21-16-. The van der Waals surface area contributed by atoms with Gasteiger partial charge in [-0.2, -0.15) is 0 Å². The maximum Gasteiger partial charge on any atom is 0.266 e. The van der Waals surface area contributed by atoms with Gasteiger partial charge in [-0.25, -0.2) is 4.63 Å². The van der Waals surface area contributed by atoms with Crippen LogP contribution in [0.25, 0.3) is 17.3 Å². The monoisotopic (exact) mass is 506 g/mol. The molecule has 3 aromatic rings. The second kappa shape index (κ2) is 11.4. The van der Waals surface area contributed by atoms with Crippen molar-refractivity contribution in [1.82, 2.24) is 15.2 Å². The fourth-order valence-corrected chi connectivity index (χ4v) is 5.11. The van der Waals surface area contributed by atoms with E-state index in [1.807, 2.05) is 36.4 Å².